The van der Waals surface area contributed by atoms with Gasteiger partial charge in [-0.25, -0.2) is 0 Å². The number of methoxy groups -OCH3 is 2. The van der Waals surface area contributed by atoms with Gasteiger partial charge in [0.15, 0.2) is 17.3 Å². The van der Waals surface area contributed by atoms with Crippen LogP contribution in [0.25, 0.3) is 11.3 Å². The van der Waals surface area contributed by atoms with E-state index in [1.807, 2.05) is 18.2 Å². The fourth-order valence-electron chi connectivity index (χ4n) is 3.93. The number of carbonyl (C=O) groups is 1. The van der Waals surface area contributed by atoms with E-state index in [4.69, 9.17) is 9.47 Å². The number of anilines is 2. The summed E-state index contributed by atoms with van der Waals surface area (Å²) in [5, 5.41) is 11.9. The van der Waals surface area contributed by atoms with Crippen molar-refractivity contribution in [1.82, 2.24) is 10.2 Å². The lowest BCUT2D eigenvalue weighted by Gasteiger charge is -2.32. The highest BCUT2D eigenvalue weighted by Gasteiger charge is 2.27. The second-order valence-electron chi connectivity index (χ2n) is 7.99. The summed E-state index contributed by atoms with van der Waals surface area (Å²) in [7, 11) is 3.16. The van der Waals surface area contributed by atoms with Crippen molar-refractivity contribution >= 4 is 17.4 Å². The molecule has 0 saturated carbocycles. The molecule has 1 aromatic heterocycles. The van der Waals surface area contributed by atoms with Gasteiger partial charge in [0.1, 0.15) is 0 Å². The van der Waals surface area contributed by atoms with E-state index in [1.54, 1.807) is 26.4 Å². The van der Waals surface area contributed by atoms with Gasteiger partial charge in [0.25, 0.3) is 0 Å². The Morgan fingerprint density at radius 3 is 2.47 bits per heavy atom. The first-order chi connectivity index (χ1) is 15.6. The molecule has 1 fully saturated rings. The van der Waals surface area contributed by atoms with Gasteiger partial charge in [0, 0.05) is 30.4 Å². The number of hydrogen-bond donors (Lipinski definition) is 1. The molecule has 0 spiro atoms. The molecule has 0 aliphatic carbocycles. The molecule has 4 rings (SSSR count). The monoisotopic (exact) mass is 432 g/mol. The normalized spacial score (nSPS) is 15.8. The molecule has 1 aliphatic heterocycles. The first-order valence-corrected chi connectivity index (χ1v) is 10.8. The number of benzene rings is 2. The Morgan fingerprint density at radius 2 is 1.78 bits per heavy atom. The molecule has 0 bridgehead atoms. The number of nitrogens with one attached hydrogen (secondary N) is 1. The van der Waals surface area contributed by atoms with Crippen LogP contribution < -0.4 is 19.7 Å². The molecule has 1 amide bonds. The number of aryl methyl sites for hydroxylation is 1. The van der Waals surface area contributed by atoms with E-state index < -0.39 is 0 Å². The standard InChI is InChI=1S/C25H28N4O3/c1-17-6-8-18(9-7-17)21-11-13-24(28-27-21)29-14-4-5-19(16-29)25(30)26-20-10-12-22(31-2)23(15-20)32-3/h6-13,15,19H,4-5,14,16H2,1-3H3,(H,26,30). The van der Waals surface area contributed by atoms with E-state index in [9.17, 15) is 4.79 Å². The predicted octanol–water partition coefficient (Wildman–Crippen LogP) is 4.32. The zero-order chi connectivity index (χ0) is 22.5. The molecule has 1 saturated heterocycles. The molecule has 2 heterocycles. The zero-order valence-corrected chi connectivity index (χ0v) is 18.7. The van der Waals surface area contributed by atoms with Gasteiger partial charge in [-0.05, 0) is 44.0 Å². The Morgan fingerprint density at radius 1 is 1.00 bits per heavy atom. The molecule has 7 nitrogen and oxygen atoms in total. The summed E-state index contributed by atoms with van der Waals surface area (Å²) in [5.74, 6) is 1.87. The second kappa shape index (κ2) is 9.68. The number of rotatable bonds is 6. The molecule has 2 aromatic carbocycles. The van der Waals surface area contributed by atoms with Crippen LogP contribution in [-0.4, -0.2) is 43.4 Å². The maximum absolute atomic E-state index is 12.9. The van der Waals surface area contributed by atoms with Crippen molar-refractivity contribution in [2.45, 2.75) is 19.8 Å². The van der Waals surface area contributed by atoms with Gasteiger partial charge in [-0.1, -0.05) is 29.8 Å². The Balaban J connectivity index is 1.41. The molecular formula is C25H28N4O3. The highest BCUT2D eigenvalue weighted by Crippen LogP contribution is 2.30. The number of nitrogens with zero attached hydrogens (tertiary/aromatic N) is 3. The van der Waals surface area contributed by atoms with Gasteiger partial charge in [-0.2, -0.15) is 0 Å². The first kappa shape index (κ1) is 21.6. The van der Waals surface area contributed by atoms with E-state index in [2.05, 4.69) is 51.6 Å². The summed E-state index contributed by atoms with van der Waals surface area (Å²) in [6.45, 7) is 3.53. The summed E-state index contributed by atoms with van der Waals surface area (Å²) in [4.78, 5) is 15.1. The van der Waals surface area contributed by atoms with Crippen molar-refractivity contribution in [2.24, 2.45) is 5.92 Å². The minimum atomic E-state index is -0.129. The van der Waals surface area contributed by atoms with Crippen molar-refractivity contribution in [2.75, 3.05) is 37.5 Å². The van der Waals surface area contributed by atoms with E-state index in [0.717, 1.165) is 36.5 Å². The second-order valence-corrected chi connectivity index (χ2v) is 7.99. The molecule has 1 unspecified atom stereocenters. The zero-order valence-electron chi connectivity index (χ0n) is 18.7. The van der Waals surface area contributed by atoms with E-state index in [1.165, 1.54) is 5.56 Å². The quantitative estimate of drug-likeness (QED) is 0.625. The fraction of sp³-hybridized carbons (Fsp3) is 0.320. The third-order valence-electron chi connectivity index (χ3n) is 5.77. The third-order valence-corrected chi connectivity index (χ3v) is 5.77. The predicted molar refractivity (Wildman–Crippen MR) is 125 cm³/mol. The lowest BCUT2D eigenvalue weighted by molar-refractivity contribution is -0.120. The summed E-state index contributed by atoms with van der Waals surface area (Å²) in [6.07, 6.45) is 1.76. The van der Waals surface area contributed by atoms with Crippen LogP contribution in [0.15, 0.2) is 54.6 Å². The minimum Gasteiger partial charge on any atom is -0.493 e. The lowest BCUT2D eigenvalue weighted by Crippen LogP contribution is -2.41. The summed E-state index contributed by atoms with van der Waals surface area (Å²) >= 11 is 0. The Labute approximate surface area is 188 Å². The fourth-order valence-corrected chi connectivity index (χ4v) is 3.93. The highest BCUT2D eigenvalue weighted by molar-refractivity contribution is 5.93. The summed E-state index contributed by atoms with van der Waals surface area (Å²) in [5.41, 5.74) is 3.78. The van der Waals surface area contributed by atoms with Gasteiger partial charge in [-0.15, -0.1) is 10.2 Å². The van der Waals surface area contributed by atoms with Gasteiger partial charge >= 0.3 is 0 Å². The maximum Gasteiger partial charge on any atom is 0.229 e. The Hall–Kier alpha value is -3.61. The van der Waals surface area contributed by atoms with Crippen LogP contribution in [0.2, 0.25) is 0 Å². The van der Waals surface area contributed by atoms with E-state index in [0.29, 0.717) is 23.7 Å². The largest absolute Gasteiger partial charge is 0.493 e. The van der Waals surface area contributed by atoms with Gasteiger partial charge in [0.2, 0.25) is 5.91 Å². The average Bonchev–Trinajstić information content (AvgIpc) is 2.84. The van der Waals surface area contributed by atoms with Gasteiger partial charge < -0.3 is 19.7 Å². The lowest BCUT2D eigenvalue weighted by atomic mass is 9.97. The molecule has 166 valence electrons. The van der Waals surface area contributed by atoms with Crippen LogP contribution >= 0.6 is 0 Å². The van der Waals surface area contributed by atoms with Crippen molar-refractivity contribution < 1.29 is 14.3 Å². The van der Waals surface area contributed by atoms with Gasteiger partial charge in [-0.3, -0.25) is 4.79 Å². The smallest absolute Gasteiger partial charge is 0.229 e. The molecule has 1 aliphatic rings. The molecule has 32 heavy (non-hydrogen) atoms. The van der Waals surface area contributed by atoms with Crippen LogP contribution in [0.4, 0.5) is 11.5 Å². The molecule has 1 atom stereocenters. The van der Waals surface area contributed by atoms with Gasteiger partial charge in [0.05, 0.1) is 25.8 Å². The van der Waals surface area contributed by atoms with E-state index >= 15 is 0 Å². The Bertz CT molecular complexity index is 1070. The van der Waals surface area contributed by atoms with Crippen molar-refractivity contribution in [3.05, 3.63) is 60.2 Å². The highest BCUT2D eigenvalue weighted by atomic mass is 16.5. The molecule has 7 heteroatoms. The SMILES string of the molecule is COc1ccc(NC(=O)C2CCCN(c3ccc(-c4ccc(C)cc4)nn3)C2)cc1OC. The van der Waals surface area contributed by atoms with Crippen molar-refractivity contribution in [1.29, 1.82) is 0 Å². The number of amides is 1. The summed E-state index contributed by atoms with van der Waals surface area (Å²) < 4.78 is 10.6. The van der Waals surface area contributed by atoms with Crippen LogP contribution in [0.1, 0.15) is 18.4 Å². The number of ether oxygens (including phenoxy) is 2. The number of aromatic nitrogens is 2. The molecule has 0 radical (unpaired) electrons. The maximum atomic E-state index is 12.9. The minimum absolute atomic E-state index is 0.00819. The van der Waals surface area contributed by atoms with E-state index in [-0.39, 0.29) is 11.8 Å². The average molecular weight is 433 g/mol. The van der Waals surface area contributed by atoms with Crippen LogP contribution in [-0.2, 0) is 4.79 Å². The van der Waals surface area contributed by atoms with Crippen LogP contribution in [0.5, 0.6) is 11.5 Å². The van der Waals surface area contributed by atoms with Crippen LogP contribution in [0.3, 0.4) is 0 Å². The molecule has 3 aromatic rings. The van der Waals surface area contributed by atoms with Crippen molar-refractivity contribution in [3.63, 3.8) is 0 Å². The number of hydrogen-bond acceptors (Lipinski definition) is 6. The third kappa shape index (κ3) is 4.82. The van der Waals surface area contributed by atoms with Crippen LogP contribution in [0, 0.1) is 12.8 Å². The number of piperidine rings is 1. The Kier molecular flexibility index (Phi) is 6.54. The molecular weight excluding hydrogens is 404 g/mol. The van der Waals surface area contributed by atoms with Crippen molar-refractivity contribution in [3.8, 4) is 22.8 Å². The number of carbonyl (C=O) groups excluding carboxylic acids is 1. The summed E-state index contributed by atoms with van der Waals surface area (Å²) in [6, 6.07) is 17.6. The molecule has 1 N–H and O–H groups in total. The first-order valence-electron chi connectivity index (χ1n) is 10.8. The topological polar surface area (TPSA) is 76.6 Å².